The molecular formula is C15H25N3. The van der Waals surface area contributed by atoms with Gasteiger partial charge < -0.3 is 10.2 Å². The molecule has 3 heteroatoms. The quantitative estimate of drug-likeness (QED) is 0.883. The summed E-state index contributed by atoms with van der Waals surface area (Å²) in [5.74, 6) is 0. The SMILES string of the molecule is CCC1(C)CN(CCc2ccncc2)CCCN1. The molecule has 1 atom stereocenters. The molecule has 1 aromatic rings. The average molecular weight is 247 g/mol. The Labute approximate surface area is 111 Å². The van der Waals surface area contributed by atoms with Crippen molar-refractivity contribution in [2.45, 2.75) is 38.6 Å². The lowest BCUT2D eigenvalue weighted by atomic mass is 9.98. The molecule has 0 aromatic carbocycles. The van der Waals surface area contributed by atoms with E-state index in [9.17, 15) is 0 Å². The number of nitrogens with zero attached hydrogens (tertiary/aromatic N) is 2. The topological polar surface area (TPSA) is 28.2 Å². The predicted molar refractivity (Wildman–Crippen MR) is 75.7 cm³/mol. The zero-order valence-corrected chi connectivity index (χ0v) is 11.7. The third-order valence-corrected chi connectivity index (χ3v) is 4.02. The van der Waals surface area contributed by atoms with E-state index in [1.807, 2.05) is 12.4 Å². The average Bonchev–Trinajstić information content (AvgIpc) is 2.60. The van der Waals surface area contributed by atoms with Gasteiger partial charge in [0.15, 0.2) is 0 Å². The maximum atomic E-state index is 4.07. The largest absolute Gasteiger partial charge is 0.310 e. The maximum Gasteiger partial charge on any atom is 0.0277 e. The van der Waals surface area contributed by atoms with Crippen LogP contribution in [-0.4, -0.2) is 41.6 Å². The van der Waals surface area contributed by atoms with Crippen LogP contribution in [0.15, 0.2) is 24.5 Å². The molecule has 0 aliphatic carbocycles. The number of hydrogen-bond donors (Lipinski definition) is 1. The normalized spacial score (nSPS) is 25.9. The Balaban J connectivity index is 1.88. The van der Waals surface area contributed by atoms with Crippen LogP contribution in [0.4, 0.5) is 0 Å². The molecule has 1 aliphatic rings. The van der Waals surface area contributed by atoms with Crippen molar-refractivity contribution in [3.8, 4) is 0 Å². The van der Waals surface area contributed by atoms with Gasteiger partial charge in [-0.2, -0.15) is 0 Å². The van der Waals surface area contributed by atoms with E-state index >= 15 is 0 Å². The molecule has 1 saturated heterocycles. The van der Waals surface area contributed by atoms with Crippen molar-refractivity contribution in [3.05, 3.63) is 30.1 Å². The third-order valence-electron chi connectivity index (χ3n) is 4.02. The molecule has 0 saturated carbocycles. The van der Waals surface area contributed by atoms with Gasteiger partial charge >= 0.3 is 0 Å². The molecule has 0 radical (unpaired) electrons. The smallest absolute Gasteiger partial charge is 0.0277 e. The van der Waals surface area contributed by atoms with Crippen molar-refractivity contribution in [1.82, 2.24) is 15.2 Å². The van der Waals surface area contributed by atoms with Gasteiger partial charge in [0.2, 0.25) is 0 Å². The zero-order valence-electron chi connectivity index (χ0n) is 11.7. The predicted octanol–water partition coefficient (Wildman–Crippen LogP) is 2.09. The van der Waals surface area contributed by atoms with Gasteiger partial charge in [0.1, 0.15) is 0 Å². The highest BCUT2D eigenvalue weighted by atomic mass is 15.2. The number of aromatic nitrogens is 1. The fourth-order valence-electron chi connectivity index (χ4n) is 2.59. The number of pyridine rings is 1. The summed E-state index contributed by atoms with van der Waals surface area (Å²) in [5.41, 5.74) is 1.68. The van der Waals surface area contributed by atoms with Gasteiger partial charge in [-0.3, -0.25) is 4.98 Å². The lowest BCUT2D eigenvalue weighted by Crippen LogP contribution is -2.48. The monoisotopic (exact) mass is 247 g/mol. The first kappa shape index (κ1) is 13.5. The fourth-order valence-corrected chi connectivity index (χ4v) is 2.59. The zero-order chi connectivity index (χ0) is 12.8. The molecule has 0 bridgehead atoms. The summed E-state index contributed by atoms with van der Waals surface area (Å²) >= 11 is 0. The maximum absolute atomic E-state index is 4.07. The van der Waals surface area contributed by atoms with Crippen molar-refractivity contribution < 1.29 is 0 Å². The summed E-state index contributed by atoms with van der Waals surface area (Å²) in [4.78, 5) is 6.67. The summed E-state index contributed by atoms with van der Waals surface area (Å²) in [5, 5.41) is 3.68. The van der Waals surface area contributed by atoms with Gasteiger partial charge in [-0.1, -0.05) is 6.92 Å². The molecular weight excluding hydrogens is 222 g/mol. The molecule has 100 valence electrons. The first-order valence-electron chi connectivity index (χ1n) is 7.08. The molecule has 18 heavy (non-hydrogen) atoms. The molecule has 3 nitrogen and oxygen atoms in total. The van der Waals surface area contributed by atoms with E-state index in [2.05, 4.69) is 41.2 Å². The Morgan fingerprint density at radius 3 is 2.89 bits per heavy atom. The first-order valence-corrected chi connectivity index (χ1v) is 7.08. The lowest BCUT2D eigenvalue weighted by Gasteiger charge is -2.32. The number of rotatable bonds is 4. The Hall–Kier alpha value is -0.930. The summed E-state index contributed by atoms with van der Waals surface area (Å²) in [7, 11) is 0. The van der Waals surface area contributed by atoms with Crippen LogP contribution < -0.4 is 5.32 Å². The van der Waals surface area contributed by atoms with E-state index in [4.69, 9.17) is 0 Å². The molecule has 2 rings (SSSR count). The summed E-state index contributed by atoms with van der Waals surface area (Å²) in [6.07, 6.45) is 7.35. The first-order chi connectivity index (χ1) is 8.72. The molecule has 0 spiro atoms. The Bertz CT molecular complexity index is 352. The van der Waals surface area contributed by atoms with Crippen LogP contribution in [0, 0.1) is 0 Å². The molecule has 1 aliphatic heterocycles. The minimum atomic E-state index is 0.286. The van der Waals surface area contributed by atoms with Crippen molar-refractivity contribution in [2.75, 3.05) is 26.2 Å². The fraction of sp³-hybridized carbons (Fsp3) is 0.667. The van der Waals surface area contributed by atoms with E-state index in [0.717, 1.165) is 26.1 Å². The van der Waals surface area contributed by atoms with Gasteiger partial charge in [0, 0.05) is 31.0 Å². The van der Waals surface area contributed by atoms with Crippen LogP contribution >= 0.6 is 0 Å². The van der Waals surface area contributed by atoms with Gasteiger partial charge in [-0.25, -0.2) is 0 Å². The third kappa shape index (κ3) is 3.79. The Kier molecular flexibility index (Phi) is 4.72. The standard InChI is InChI=1S/C15H25N3/c1-3-15(2)13-18(11-4-8-17-15)12-7-14-5-9-16-10-6-14/h5-6,9-10,17H,3-4,7-8,11-13H2,1-2H3. The van der Waals surface area contributed by atoms with E-state index < -0.39 is 0 Å². The van der Waals surface area contributed by atoms with Gasteiger partial charge in [0.25, 0.3) is 0 Å². The molecule has 1 fully saturated rings. The van der Waals surface area contributed by atoms with E-state index in [1.165, 1.54) is 24.9 Å². The highest BCUT2D eigenvalue weighted by Crippen LogP contribution is 2.15. The lowest BCUT2D eigenvalue weighted by molar-refractivity contribution is 0.217. The Morgan fingerprint density at radius 1 is 1.39 bits per heavy atom. The van der Waals surface area contributed by atoms with Crippen molar-refractivity contribution >= 4 is 0 Å². The number of hydrogen-bond acceptors (Lipinski definition) is 3. The second-order valence-electron chi connectivity index (χ2n) is 5.58. The van der Waals surface area contributed by atoms with Crippen molar-refractivity contribution in [1.29, 1.82) is 0 Å². The molecule has 1 N–H and O–H groups in total. The van der Waals surface area contributed by atoms with Gasteiger partial charge in [-0.15, -0.1) is 0 Å². The summed E-state index contributed by atoms with van der Waals surface area (Å²) in [6, 6.07) is 4.24. The Morgan fingerprint density at radius 2 is 2.17 bits per heavy atom. The van der Waals surface area contributed by atoms with Crippen LogP contribution in [0.5, 0.6) is 0 Å². The van der Waals surface area contributed by atoms with Crippen LogP contribution in [-0.2, 0) is 6.42 Å². The highest BCUT2D eigenvalue weighted by Gasteiger charge is 2.26. The minimum absolute atomic E-state index is 0.286. The summed E-state index contributed by atoms with van der Waals surface area (Å²) in [6.45, 7) is 9.30. The van der Waals surface area contributed by atoms with Crippen LogP contribution in [0.2, 0.25) is 0 Å². The van der Waals surface area contributed by atoms with E-state index in [-0.39, 0.29) is 5.54 Å². The number of nitrogens with one attached hydrogen (secondary N) is 1. The second kappa shape index (κ2) is 6.30. The summed E-state index contributed by atoms with van der Waals surface area (Å²) < 4.78 is 0. The second-order valence-corrected chi connectivity index (χ2v) is 5.58. The van der Waals surface area contributed by atoms with Crippen LogP contribution in [0.25, 0.3) is 0 Å². The van der Waals surface area contributed by atoms with Gasteiger partial charge in [-0.05, 0) is 57.0 Å². The van der Waals surface area contributed by atoms with Gasteiger partial charge in [0.05, 0.1) is 0 Å². The van der Waals surface area contributed by atoms with Crippen molar-refractivity contribution in [2.24, 2.45) is 0 Å². The molecule has 1 aromatic heterocycles. The van der Waals surface area contributed by atoms with Crippen molar-refractivity contribution in [3.63, 3.8) is 0 Å². The minimum Gasteiger partial charge on any atom is -0.310 e. The highest BCUT2D eigenvalue weighted by molar-refractivity contribution is 5.10. The van der Waals surface area contributed by atoms with Crippen LogP contribution in [0.3, 0.4) is 0 Å². The molecule has 2 heterocycles. The molecule has 1 unspecified atom stereocenters. The van der Waals surface area contributed by atoms with Crippen LogP contribution in [0.1, 0.15) is 32.3 Å². The van der Waals surface area contributed by atoms with E-state index in [1.54, 1.807) is 0 Å². The molecule has 0 amide bonds. The van der Waals surface area contributed by atoms with E-state index in [0.29, 0.717) is 0 Å².